The third-order valence-corrected chi connectivity index (χ3v) is 4.06. The summed E-state index contributed by atoms with van der Waals surface area (Å²) in [6.45, 7) is 2.75. The molecule has 0 N–H and O–H groups in total. The summed E-state index contributed by atoms with van der Waals surface area (Å²) in [6, 6.07) is 27.1. The molecule has 3 aromatic rings. The summed E-state index contributed by atoms with van der Waals surface area (Å²) in [5, 5.41) is 0. The Kier molecular flexibility index (Phi) is 5.53. The molecule has 0 atom stereocenters. The highest BCUT2D eigenvalue weighted by atomic mass is 14.7. The van der Waals surface area contributed by atoms with Crippen LogP contribution in [0.1, 0.15) is 27.8 Å². The molecule has 0 heterocycles. The Hall–Kier alpha value is -3.00. The lowest BCUT2D eigenvalue weighted by atomic mass is 10.0. The lowest BCUT2D eigenvalue weighted by molar-refractivity contribution is 1.08. The van der Waals surface area contributed by atoms with Gasteiger partial charge in [0.05, 0.1) is 12.3 Å². The van der Waals surface area contributed by atoms with Crippen molar-refractivity contribution in [3.05, 3.63) is 107 Å². The van der Waals surface area contributed by atoms with Crippen molar-refractivity contribution in [1.82, 2.24) is 0 Å². The molecular formula is C23H22N2. The quantitative estimate of drug-likeness (QED) is 0.584. The normalized spacial score (nSPS) is 11.8. The Balaban J connectivity index is 1.76. The summed E-state index contributed by atoms with van der Waals surface area (Å²) in [6.07, 6.45) is 1.93. The molecule has 3 aromatic carbocycles. The summed E-state index contributed by atoms with van der Waals surface area (Å²) in [5.74, 6) is 0. The van der Waals surface area contributed by atoms with E-state index in [2.05, 4.69) is 77.6 Å². The number of hydrogen-bond donors (Lipinski definition) is 0. The lowest BCUT2D eigenvalue weighted by Crippen LogP contribution is -2.03. The van der Waals surface area contributed by atoms with E-state index < -0.39 is 0 Å². The van der Waals surface area contributed by atoms with E-state index >= 15 is 0 Å². The van der Waals surface area contributed by atoms with Gasteiger partial charge in [0.2, 0.25) is 0 Å². The SMILES string of the molecule is C/N=C(\c1ccccc1)c1cccc(C/N=C/c2ccc(C)cc2)c1. The minimum Gasteiger partial charge on any atom is -0.288 e. The van der Waals surface area contributed by atoms with E-state index in [-0.39, 0.29) is 0 Å². The van der Waals surface area contributed by atoms with Crippen molar-refractivity contribution in [3.63, 3.8) is 0 Å². The van der Waals surface area contributed by atoms with E-state index in [1.165, 1.54) is 11.1 Å². The van der Waals surface area contributed by atoms with Crippen LogP contribution in [0.25, 0.3) is 0 Å². The Labute approximate surface area is 149 Å². The zero-order valence-corrected chi connectivity index (χ0v) is 14.7. The van der Waals surface area contributed by atoms with E-state index in [0.29, 0.717) is 6.54 Å². The highest BCUT2D eigenvalue weighted by molar-refractivity contribution is 6.12. The van der Waals surface area contributed by atoms with Gasteiger partial charge in [0, 0.05) is 24.4 Å². The van der Waals surface area contributed by atoms with Gasteiger partial charge in [-0.25, -0.2) is 0 Å². The molecule has 0 aliphatic carbocycles. The predicted octanol–water partition coefficient (Wildman–Crippen LogP) is 5.08. The van der Waals surface area contributed by atoms with Gasteiger partial charge in [-0.2, -0.15) is 0 Å². The van der Waals surface area contributed by atoms with Gasteiger partial charge in [-0.1, -0.05) is 78.4 Å². The largest absolute Gasteiger partial charge is 0.288 e. The molecule has 0 unspecified atom stereocenters. The van der Waals surface area contributed by atoms with Gasteiger partial charge in [0.15, 0.2) is 0 Å². The highest BCUT2D eigenvalue weighted by Gasteiger charge is 2.06. The van der Waals surface area contributed by atoms with Crippen molar-refractivity contribution in [2.45, 2.75) is 13.5 Å². The van der Waals surface area contributed by atoms with Crippen LogP contribution in [0.15, 0.2) is 88.8 Å². The minimum atomic E-state index is 0.660. The summed E-state index contributed by atoms with van der Waals surface area (Å²) < 4.78 is 0. The number of benzene rings is 3. The van der Waals surface area contributed by atoms with Crippen LogP contribution in [-0.4, -0.2) is 19.0 Å². The van der Waals surface area contributed by atoms with Crippen molar-refractivity contribution in [2.24, 2.45) is 9.98 Å². The average molecular weight is 326 g/mol. The number of aryl methyl sites for hydroxylation is 1. The third kappa shape index (κ3) is 4.51. The Bertz CT molecular complexity index is 875. The Morgan fingerprint density at radius 1 is 0.840 bits per heavy atom. The molecule has 3 rings (SSSR count). The molecule has 0 spiro atoms. The summed E-state index contributed by atoms with van der Waals surface area (Å²) in [4.78, 5) is 9.06. The smallest absolute Gasteiger partial charge is 0.0715 e. The van der Waals surface area contributed by atoms with Gasteiger partial charge in [-0.15, -0.1) is 0 Å². The van der Waals surface area contributed by atoms with Crippen LogP contribution in [-0.2, 0) is 6.54 Å². The molecule has 0 saturated heterocycles. The van der Waals surface area contributed by atoms with E-state index in [1.807, 2.05) is 31.5 Å². The van der Waals surface area contributed by atoms with Gasteiger partial charge >= 0.3 is 0 Å². The van der Waals surface area contributed by atoms with Crippen molar-refractivity contribution in [3.8, 4) is 0 Å². The number of nitrogens with zero attached hydrogens (tertiary/aromatic N) is 2. The number of rotatable bonds is 5. The first-order valence-electron chi connectivity index (χ1n) is 8.44. The van der Waals surface area contributed by atoms with Crippen LogP contribution in [0.3, 0.4) is 0 Å². The molecule has 2 nitrogen and oxygen atoms in total. The number of aliphatic imine (C=N–C) groups is 2. The molecule has 0 saturated carbocycles. The van der Waals surface area contributed by atoms with Crippen LogP contribution in [0.4, 0.5) is 0 Å². The van der Waals surface area contributed by atoms with Crippen LogP contribution < -0.4 is 0 Å². The summed E-state index contributed by atoms with van der Waals surface area (Å²) in [7, 11) is 1.84. The molecule has 0 aliphatic rings. The average Bonchev–Trinajstić information content (AvgIpc) is 2.65. The molecule has 0 fully saturated rings. The fraction of sp³-hybridized carbons (Fsp3) is 0.130. The van der Waals surface area contributed by atoms with E-state index in [1.54, 1.807) is 0 Å². The maximum Gasteiger partial charge on any atom is 0.0715 e. The van der Waals surface area contributed by atoms with Crippen LogP contribution in [0.5, 0.6) is 0 Å². The second-order valence-electron chi connectivity index (χ2n) is 6.02. The maximum atomic E-state index is 4.58. The zero-order chi connectivity index (χ0) is 17.5. The maximum absolute atomic E-state index is 4.58. The van der Waals surface area contributed by atoms with Gasteiger partial charge in [0.25, 0.3) is 0 Å². The third-order valence-electron chi connectivity index (χ3n) is 4.06. The van der Waals surface area contributed by atoms with Crippen molar-refractivity contribution < 1.29 is 0 Å². The minimum absolute atomic E-state index is 0.660. The van der Waals surface area contributed by atoms with Gasteiger partial charge < -0.3 is 0 Å². The van der Waals surface area contributed by atoms with Gasteiger partial charge in [-0.05, 0) is 24.1 Å². The lowest BCUT2D eigenvalue weighted by Gasteiger charge is -2.08. The molecule has 124 valence electrons. The van der Waals surface area contributed by atoms with Crippen molar-refractivity contribution in [1.29, 1.82) is 0 Å². The first-order valence-corrected chi connectivity index (χ1v) is 8.44. The monoisotopic (exact) mass is 326 g/mol. The molecule has 0 amide bonds. The van der Waals surface area contributed by atoms with E-state index in [0.717, 1.165) is 22.4 Å². The first kappa shape index (κ1) is 16.8. The van der Waals surface area contributed by atoms with Crippen LogP contribution in [0, 0.1) is 6.92 Å². The fourth-order valence-corrected chi connectivity index (χ4v) is 2.75. The molecule has 0 aromatic heterocycles. The second-order valence-corrected chi connectivity index (χ2v) is 6.02. The Morgan fingerprint density at radius 2 is 1.56 bits per heavy atom. The topological polar surface area (TPSA) is 24.7 Å². The fourth-order valence-electron chi connectivity index (χ4n) is 2.75. The van der Waals surface area contributed by atoms with E-state index in [9.17, 15) is 0 Å². The summed E-state index contributed by atoms with van der Waals surface area (Å²) >= 11 is 0. The molecule has 0 bridgehead atoms. The zero-order valence-electron chi connectivity index (χ0n) is 14.7. The molecule has 0 radical (unpaired) electrons. The van der Waals surface area contributed by atoms with Gasteiger partial charge in [-0.3, -0.25) is 9.98 Å². The van der Waals surface area contributed by atoms with E-state index in [4.69, 9.17) is 0 Å². The summed E-state index contributed by atoms with van der Waals surface area (Å²) in [5.41, 5.74) is 6.82. The predicted molar refractivity (Wildman–Crippen MR) is 107 cm³/mol. The molecular weight excluding hydrogens is 304 g/mol. The highest BCUT2D eigenvalue weighted by Crippen LogP contribution is 2.13. The van der Waals surface area contributed by atoms with Crippen molar-refractivity contribution in [2.75, 3.05) is 7.05 Å². The van der Waals surface area contributed by atoms with Crippen molar-refractivity contribution >= 4 is 11.9 Å². The molecule has 25 heavy (non-hydrogen) atoms. The Morgan fingerprint density at radius 3 is 2.28 bits per heavy atom. The van der Waals surface area contributed by atoms with Crippen LogP contribution in [0.2, 0.25) is 0 Å². The van der Waals surface area contributed by atoms with Gasteiger partial charge in [0.1, 0.15) is 0 Å². The molecule has 2 heteroatoms. The first-order chi connectivity index (χ1) is 12.3. The standard InChI is InChI=1S/C23H22N2/c1-18-11-13-19(14-12-18)16-25-17-20-7-6-10-22(15-20)23(24-2)21-8-4-3-5-9-21/h3-16H,17H2,1-2H3/b24-23+,25-16+. The second kappa shape index (κ2) is 8.20. The number of hydrogen-bond acceptors (Lipinski definition) is 2. The van der Waals surface area contributed by atoms with Crippen LogP contribution >= 0.6 is 0 Å². The molecule has 0 aliphatic heterocycles.